The molecule has 0 bridgehead atoms. The molecule has 0 fully saturated rings. The quantitative estimate of drug-likeness (QED) is 0.750. The smallest absolute Gasteiger partial charge is 0.105 e. The van der Waals surface area contributed by atoms with Gasteiger partial charge in [-0.2, -0.15) is 0 Å². The third-order valence-corrected chi connectivity index (χ3v) is 3.64. The van der Waals surface area contributed by atoms with Crippen LogP contribution in [-0.2, 0) is 6.42 Å². The summed E-state index contributed by atoms with van der Waals surface area (Å²) in [4.78, 5) is 3.42. The zero-order valence-corrected chi connectivity index (χ0v) is 11.2. The first kappa shape index (κ1) is 12.1. The number of hydrogen-bond donors (Lipinski definition) is 2. The third-order valence-electron chi connectivity index (χ3n) is 3.64. The Balaban J connectivity index is 2.06. The minimum atomic E-state index is -0.0546. The van der Waals surface area contributed by atoms with Gasteiger partial charge in [0.2, 0.25) is 0 Å². The van der Waals surface area contributed by atoms with Gasteiger partial charge in [0.25, 0.3) is 0 Å². The predicted molar refractivity (Wildman–Crippen MR) is 77.1 cm³/mol. The van der Waals surface area contributed by atoms with Crippen LogP contribution in [0.5, 0.6) is 0 Å². The Morgan fingerprint density at radius 2 is 2.05 bits per heavy atom. The largest absolute Gasteiger partial charge is 0.469 e. The van der Waals surface area contributed by atoms with E-state index < -0.39 is 0 Å². The minimum Gasteiger partial charge on any atom is -0.469 e. The van der Waals surface area contributed by atoms with Crippen molar-refractivity contribution in [3.8, 4) is 0 Å². The molecule has 19 heavy (non-hydrogen) atoms. The van der Waals surface area contributed by atoms with Crippen molar-refractivity contribution in [1.82, 2.24) is 4.98 Å². The maximum atomic E-state index is 6.39. The highest BCUT2D eigenvalue weighted by Gasteiger charge is 2.18. The number of aromatic amines is 1. The Labute approximate surface area is 112 Å². The van der Waals surface area contributed by atoms with Gasteiger partial charge < -0.3 is 15.1 Å². The summed E-state index contributed by atoms with van der Waals surface area (Å²) in [6, 6.07) is 10.1. The van der Waals surface area contributed by atoms with Crippen molar-refractivity contribution in [2.75, 3.05) is 0 Å². The van der Waals surface area contributed by atoms with Crippen molar-refractivity contribution in [3.63, 3.8) is 0 Å². The SMILES string of the molecule is Cc1[nH]c2cccc(C)c2c1C(N)Cc1ccco1. The molecular formula is C16H18N2O. The van der Waals surface area contributed by atoms with E-state index in [0.29, 0.717) is 0 Å². The van der Waals surface area contributed by atoms with Crippen LogP contribution >= 0.6 is 0 Å². The molecule has 1 atom stereocenters. The molecule has 0 saturated heterocycles. The zero-order chi connectivity index (χ0) is 13.4. The third kappa shape index (κ3) is 2.06. The molecule has 0 radical (unpaired) electrons. The van der Waals surface area contributed by atoms with Crippen LogP contribution < -0.4 is 5.73 Å². The van der Waals surface area contributed by atoms with E-state index >= 15 is 0 Å². The average Bonchev–Trinajstić information content (AvgIpc) is 2.96. The highest BCUT2D eigenvalue weighted by Crippen LogP contribution is 2.30. The van der Waals surface area contributed by atoms with Crippen molar-refractivity contribution in [2.45, 2.75) is 26.3 Å². The summed E-state index contributed by atoms with van der Waals surface area (Å²) in [6.07, 6.45) is 2.41. The van der Waals surface area contributed by atoms with Gasteiger partial charge in [0.05, 0.1) is 6.26 Å². The van der Waals surface area contributed by atoms with Crippen LogP contribution in [0.15, 0.2) is 41.0 Å². The molecule has 3 heteroatoms. The van der Waals surface area contributed by atoms with Gasteiger partial charge in [0.1, 0.15) is 5.76 Å². The fourth-order valence-electron chi connectivity index (χ4n) is 2.80. The van der Waals surface area contributed by atoms with Crippen LogP contribution in [0, 0.1) is 13.8 Å². The lowest BCUT2D eigenvalue weighted by atomic mass is 9.97. The first-order chi connectivity index (χ1) is 9.16. The molecular weight excluding hydrogens is 236 g/mol. The number of nitrogens with one attached hydrogen (secondary N) is 1. The molecule has 2 heterocycles. The van der Waals surface area contributed by atoms with Crippen LogP contribution in [0.25, 0.3) is 10.9 Å². The first-order valence-electron chi connectivity index (χ1n) is 6.52. The maximum absolute atomic E-state index is 6.39. The molecule has 1 unspecified atom stereocenters. The summed E-state index contributed by atoms with van der Waals surface area (Å²) in [6.45, 7) is 4.20. The molecule has 3 N–H and O–H groups in total. The number of nitrogens with two attached hydrogens (primary N) is 1. The van der Waals surface area contributed by atoms with Crippen molar-refractivity contribution < 1.29 is 4.42 Å². The van der Waals surface area contributed by atoms with Gasteiger partial charge in [-0.3, -0.25) is 0 Å². The fourth-order valence-corrected chi connectivity index (χ4v) is 2.80. The van der Waals surface area contributed by atoms with Gasteiger partial charge in [-0.1, -0.05) is 12.1 Å². The number of hydrogen-bond acceptors (Lipinski definition) is 2. The number of aryl methyl sites for hydroxylation is 2. The van der Waals surface area contributed by atoms with Crippen molar-refractivity contribution in [2.24, 2.45) is 5.73 Å². The summed E-state index contributed by atoms with van der Waals surface area (Å²) in [5, 5.41) is 1.25. The summed E-state index contributed by atoms with van der Waals surface area (Å²) in [5.74, 6) is 0.926. The lowest BCUT2D eigenvalue weighted by molar-refractivity contribution is 0.489. The second-order valence-corrected chi connectivity index (χ2v) is 5.05. The van der Waals surface area contributed by atoms with E-state index in [9.17, 15) is 0 Å². The Kier molecular flexibility index (Phi) is 2.91. The summed E-state index contributed by atoms with van der Waals surface area (Å²) in [7, 11) is 0. The van der Waals surface area contributed by atoms with Crippen LogP contribution in [0.3, 0.4) is 0 Å². The molecule has 2 aromatic heterocycles. The zero-order valence-electron chi connectivity index (χ0n) is 11.2. The fraction of sp³-hybridized carbons (Fsp3) is 0.250. The van der Waals surface area contributed by atoms with Crippen LogP contribution in [0.1, 0.15) is 28.6 Å². The Morgan fingerprint density at radius 3 is 2.79 bits per heavy atom. The number of H-pyrrole nitrogens is 1. The number of furan rings is 1. The first-order valence-corrected chi connectivity index (χ1v) is 6.52. The summed E-state index contributed by atoms with van der Waals surface area (Å²) >= 11 is 0. The van der Waals surface area contributed by atoms with Crippen LogP contribution in [0.2, 0.25) is 0 Å². The van der Waals surface area contributed by atoms with E-state index in [1.165, 1.54) is 16.5 Å². The molecule has 0 aliphatic heterocycles. The van der Waals surface area contributed by atoms with Gasteiger partial charge in [0.15, 0.2) is 0 Å². The van der Waals surface area contributed by atoms with Crippen molar-refractivity contribution >= 4 is 10.9 Å². The molecule has 0 aliphatic carbocycles. The normalized spacial score (nSPS) is 13.0. The number of rotatable bonds is 3. The van der Waals surface area contributed by atoms with Crippen LogP contribution in [-0.4, -0.2) is 4.98 Å². The average molecular weight is 254 g/mol. The van der Waals surface area contributed by atoms with Gasteiger partial charge in [-0.05, 0) is 43.2 Å². The monoisotopic (exact) mass is 254 g/mol. The van der Waals surface area contributed by atoms with E-state index in [2.05, 4.69) is 37.0 Å². The van der Waals surface area contributed by atoms with E-state index in [-0.39, 0.29) is 6.04 Å². The highest BCUT2D eigenvalue weighted by molar-refractivity contribution is 5.88. The van der Waals surface area contributed by atoms with E-state index in [0.717, 1.165) is 23.4 Å². The Hall–Kier alpha value is -2.00. The molecule has 0 aliphatic rings. The van der Waals surface area contributed by atoms with E-state index in [1.54, 1.807) is 6.26 Å². The van der Waals surface area contributed by atoms with Gasteiger partial charge >= 0.3 is 0 Å². The highest BCUT2D eigenvalue weighted by atomic mass is 16.3. The summed E-state index contributed by atoms with van der Waals surface area (Å²) in [5.41, 5.74) is 11.1. The minimum absolute atomic E-state index is 0.0546. The molecule has 1 aromatic carbocycles. The Morgan fingerprint density at radius 1 is 1.21 bits per heavy atom. The van der Waals surface area contributed by atoms with Crippen molar-refractivity contribution in [1.29, 1.82) is 0 Å². The topological polar surface area (TPSA) is 55.0 Å². The molecule has 3 rings (SSSR count). The van der Waals surface area contributed by atoms with Crippen molar-refractivity contribution in [3.05, 3.63) is 59.2 Å². The molecule has 0 spiro atoms. The summed E-state index contributed by atoms with van der Waals surface area (Å²) < 4.78 is 5.39. The second-order valence-electron chi connectivity index (χ2n) is 5.05. The molecule has 98 valence electrons. The van der Waals surface area contributed by atoms with E-state index in [4.69, 9.17) is 10.2 Å². The van der Waals surface area contributed by atoms with Gasteiger partial charge in [0, 0.05) is 29.1 Å². The molecule has 0 saturated carbocycles. The number of aromatic nitrogens is 1. The van der Waals surface area contributed by atoms with E-state index in [1.807, 2.05) is 12.1 Å². The molecule has 0 amide bonds. The van der Waals surface area contributed by atoms with Crippen LogP contribution in [0.4, 0.5) is 0 Å². The molecule has 3 aromatic rings. The molecule has 3 nitrogen and oxygen atoms in total. The maximum Gasteiger partial charge on any atom is 0.105 e. The number of fused-ring (bicyclic) bond motifs is 1. The number of benzene rings is 1. The lowest BCUT2D eigenvalue weighted by Crippen LogP contribution is -2.14. The van der Waals surface area contributed by atoms with Gasteiger partial charge in [-0.25, -0.2) is 0 Å². The standard InChI is InChI=1S/C16H18N2O/c1-10-5-3-7-14-15(10)16(11(2)18-14)13(17)9-12-6-4-8-19-12/h3-8,13,18H,9,17H2,1-2H3. The lowest BCUT2D eigenvalue weighted by Gasteiger charge is -2.12. The predicted octanol–water partition coefficient (Wildman–Crippen LogP) is 3.62. The Bertz CT molecular complexity index is 695. The second kappa shape index (κ2) is 4.59. The van der Waals surface area contributed by atoms with Gasteiger partial charge in [-0.15, -0.1) is 0 Å².